The molecule has 2 heterocycles. The van der Waals surface area contributed by atoms with Gasteiger partial charge in [-0.25, -0.2) is 8.78 Å². The van der Waals surface area contributed by atoms with Gasteiger partial charge in [0.2, 0.25) is 5.82 Å². The van der Waals surface area contributed by atoms with E-state index in [-0.39, 0.29) is 23.5 Å². The van der Waals surface area contributed by atoms with Gasteiger partial charge in [-0.3, -0.25) is 0 Å². The molecule has 0 N–H and O–H groups in total. The van der Waals surface area contributed by atoms with Crippen molar-refractivity contribution >= 4 is 0 Å². The van der Waals surface area contributed by atoms with Crippen molar-refractivity contribution in [2.75, 3.05) is 13.2 Å². The fourth-order valence-electron chi connectivity index (χ4n) is 5.26. The van der Waals surface area contributed by atoms with Gasteiger partial charge in [0.1, 0.15) is 5.75 Å². The Morgan fingerprint density at radius 2 is 1.65 bits per heavy atom. The smallest absolute Gasteiger partial charge is 0.202 e. The maximum Gasteiger partial charge on any atom is 0.202 e. The van der Waals surface area contributed by atoms with Crippen molar-refractivity contribution < 1.29 is 27.4 Å². The lowest BCUT2D eigenvalue weighted by Crippen LogP contribution is -2.29. The van der Waals surface area contributed by atoms with E-state index in [0.717, 1.165) is 32.1 Å². The molecule has 0 amide bonds. The first-order valence-electron chi connectivity index (χ1n) is 13.3. The van der Waals surface area contributed by atoms with Crippen LogP contribution in [-0.2, 0) is 17.6 Å². The predicted molar refractivity (Wildman–Crippen MR) is 138 cm³/mol. The number of hydrogen-bond acceptors (Lipinski definition) is 3. The highest BCUT2D eigenvalue weighted by atomic mass is 19.2. The Labute approximate surface area is 216 Å². The largest absolute Gasteiger partial charge is 0.493 e. The topological polar surface area (TPSA) is 27.7 Å². The second kappa shape index (κ2) is 11.2. The predicted octanol–water partition coefficient (Wildman–Crippen LogP) is 8.39. The van der Waals surface area contributed by atoms with Crippen LogP contribution in [0.25, 0.3) is 11.1 Å². The lowest BCUT2D eigenvalue weighted by Gasteiger charge is -2.28. The summed E-state index contributed by atoms with van der Waals surface area (Å²) in [5.41, 5.74) is 2.30. The van der Waals surface area contributed by atoms with Crippen LogP contribution < -0.4 is 9.47 Å². The first-order chi connectivity index (χ1) is 18.0. The minimum Gasteiger partial charge on any atom is -0.493 e. The lowest BCUT2D eigenvalue weighted by molar-refractivity contribution is -0.0306. The van der Waals surface area contributed by atoms with Crippen molar-refractivity contribution in [2.45, 2.75) is 64.9 Å². The van der Waals surface area contributed by atoms with Crippen LogP contribution in [0.15, 0.2) is 42.5 Å². The van der Waals surface area contributed by atoms with Gasteiger partial charge < -0.3 is 14.2 Å². The van der Waals surface area contributed by atoms with Crippen LogP contribution in [0.2, 0.25) is 0 Å². The average molecular weight is 511 g/mol. The summed E-state index contributed by atoms with van der Waals surface area (Å²) in [7, 11) is 0. The summed E-state index contributed by atoms with van der Waals surface area (Å²) in [4.78, 5) is 0. The highest BCUT2D eigenvalue weighted by Gasteiger charge is 2.28. The number of rotatable bonds is 8. The van der Waals surface area contributed by atoms with E-state index in [2.05, 4.69) is 6.92 Å². The van der Waals surface area contributed by atoms with E-state index in [4.69, 9.17) is 14.2 Å². The maximum absolute atomic E-state index is 15.1. The van der Waals surface area contributed by atoms with Gasteiger partial charge >= 0.3 is 0 Å². The van der Waals surface area contributed by atoms with Crippen LogP contribution >= 0.6 is 0 Å². The van der Waals surface area contributed by atoms with Crippen molar-refractivity contribution in [2.24, 2.45) is 5.92 Å². The molecule has 1 saturated heterocycles. The molecule has 1 fully saturated rings. The number of ether oxygens (including phenoxy) is 3. The van der Waals surface area contributed by atoms with Gasteiger partial charge in [-0.1, -0.05) is 51.0 Å². The van der Waals surface area contributed by atoms with Crippen molar-refractivity contribution in [3.63, 3.8) is 0 Å². The molecule has 37 heavy (non-hydrogen) atoms. The quantitative estimate of drug-likeness (QED) is 0.238. The molecule has 0 radical (unpaired) electrons. The summed E-state index contributed by atoms with van der Waals surface area (Å²) in [6.07, 6.45) is 6.33. The number of benzene rings is 3. The van der Waals surface area contributed by atoms with Gasteiger partial charge in [0.25, 0.3) is 0 Å². The molecule has 2 atom stereocenters. The monoisotopic (exact) mass is 510 g/mol. The molecule has 196 valence electrons. The number of fused-ring (bicyclic) bond motifs is 2. The molecule has 2 unspecified atom stereocenters. The van der Waals surface area contributed by atoms with Crippen LogP contribution in [0.3, 0.4) is 0 Å². The zero-order chi connectivity index (χ0) is 25.9. The van der Waals surface area contributed by atoms with Gasteiger partial charge in [0.15, 0.2) is 23.1 Å². The van der Waals surface area contributed by atoms with Crippen molar-refractivity contribution in [3.05, 3.63) is 76.6 Å². The Morgan fingerprint density at radius 1 is 0.865 bits per heavy atom. The molecule has 3 nitrogen and oxygen atoms in total. The van der Waals surface area contributed by atoms with Gasteiger partial charge in [-0.05, 0) is 55.0 Å². The Hall–Kier alpha value is -2.99. The molecule has 5 rings (SSSR count). The summed E-state index contributed by atoms with van der Waals surface area (Å²) < 4.78 is 62.7. The third-order valence-corrected chi connectivity index (χ3v) is 7.33. The van der Waals surface area contributed by atoms with E-state index in [0.29, 0.717) is 59.7 Å². The Kier molecular flexibility index (Phi) is 7.75. The van der Waals surface area contributed by atoms with Gasteiger partial charge in [-0.2, -0.15) is 4.39 Å². The molecule has 3 aromatic rings. The molecule has 0 spiro atoms. The van der Waals surface area contributed by atoms with Crippen molar-refractivity contribution in [1.82, 2.24) is 0 Å². The van der Waals surface area contributed by atoms with E-state index < -0.39 is 17.5 Å². The van der Waals surface area contributed by atoms with Gasteiger partial charge in [0.05, 0.1) is 19.3 Å². The van der Waals surface area contributed by atoms with E-state index >= 15 is 8.78 Å². The third kappa shape index (κ3) is 5.35. The average Bonchev–Trinajstić information content (AvgIpc) is 2.92. The number of hydrogen-bond donors (Lipinski definition) is 0. The normalized spacial score (nSPS) is 18.6. The Bertz CT molecular complexity index is 1250. The minimum atomic E-state index is -1.10. The summed E-state index contributed by atoms with van der Waals surface area (Å²) in [5, 5.41) is 0. The molecule has 0 saturated carbocycles. The fraction of sp³-hybridized carbons (Fsp3) is 0.419. The highest BCUT2D eigenvalue weighted by molar-refractivity contribution is 5.69. The molecule has 0 bridgehead atoms. The Balaban J connectivity index is 1.30. The van der Waals surface area contributed by atoms with Crippen LogP contribution in [0, 0.1) is 23.4 Å². The molecule has 2 aliphatic heterocycles. The molecule has 6 heteroatoms. The Morgan fingerprint density at radius 3 is 2.35 bits per heavy atom. The molecule has 0 aromatic heterocycles. The van der Waals surface area contributed by atoms with Crippen LogP contribution in [0.4, 0.5) is 13.2 Å². The van der Waals surface area contributed by atoms with Crippen LogP contribution in [0.1, 0.15) is 62.6 Å². The van der Waals surface area contributed by atoms with Crippen LogP contribution in [-0.4, -0.2) is 19.3 Å². The molecule has 0 aliphatic carbocycles. The second-order valence-corrected chi connectivity index (χ2v) is 10.1. The highest BCUT2D eigenvalue weighted by Crippen LogP contribution is 2.44. The number of aryl methyl sites for hydroxylation is 1. The maximum atomic E-state index is 15.1. The standard InChI is InChI=1S/C31H33F3O3/c1-3-5-21-8-9-22-15-23-16-26(28(33)29(34)31(23)37-30(22)27(21)32)20-10-13-25(14-11-20)36-18-19-7-12-24(6-4-2)35-17-19/h8-11,13-14,16,19,24H,3-7,12,15,17-18H2,1-2H3. The molecule has 3 aromatic carbocycles. The third-order valence-electron chi connectivity index (χ3n) is 7.33. The van der Waals surface area contributed by atoms with Gasteiger partial charge in [0, 0.05) is 29.0 Å². The van der Waals surface area contributed by atoms with E-state index in [1.807, 2.05) is 6.92 Å². The zero-order valence-electron chi connectivity index (χ0n) is 21.4. The summed E-state index contributed by atoms with van der Waals surface area (Å²) in [6, 6.07) is 12.1. The molecular formula is C31H33F3O3. The zero-order valence-corrected chi connectivity index (χ0v) is 21.4. The first-order valence-corrected chi connectivity index (χ1v) is 13.3. The van der Waals surface area contributed by atoms with E-state index in [1.54, 1.807) is 42.5 Å². The summed E-state index contributed by atoms with van der Waals surface area (Å²) >= 11 is 0. The lowest BCUT2D eigenvalue weighted by atomic mass is 9.93. The number of halogens is 3. The van der Waals surface area contributed by atoms with E-state index in [9.17, 15) is 4.39 Å². The van der Waals surface area contributed by atoms with Crippen molar-refractivity contribution in [3.8, 4) is 28.4 Å². The summed E-state index contributed by atoms with van der Waals surface area (Å²) in [5.74, 6) is -1.82. The SMILES string of the molecule is CCCc1ccc2c(c1F)Oc1c(cc(-c3ccc(OCC4CCC(CCC)OC4)cc3)c(F)c1F)C2. The van der Waals surface area contributed by atoms with Crippen LogP contribution in [0.5, 0.6) is 17.2 Å². The fourth-order valence-corrected chi connectivity index (χ4v) is 5.26. The molecular weight excluding hydrogens is 477 g/mol. The van der Waals surface area contributed by atoms with Gasteiger partial charge in [-0.15, -0.1) is 0 Å². The van der Waals surface area contributed by atoms with E-state index in [1.165, 1.54) is 0 Å². The summed E-state index contributed by atoms with van der Waals surface area (Å²) in [6.45, 7) is 5.40. The van der Waals surface area contributed by atoms with Crippen molar-refractivity contribution in [1.29, 1.82) is 0 Å². The minimum absolute atomic E-state index is 0.00440. The molecule has 2 aliphatic rings. The second-order valence-electron chi connectivity index (χ2n) is 10.1. The first kappa shape index (κ1) is 25.7.